The number of ether oxygens (including phenoxy) is 2. The van der Waals surface area contributed by atoms with Gasteiger partial charge in [-0.15, -0.1) is 0 Å². The Balaban J connectivity index is 1.85. The largest absolute Gasteiger partial charge is 0.504 e. The Morgan fingerprint density at radius 2 is 2.00 bits per heavy atom. The first-order chi connectivity index (χ1) is 12.1. The van der Waals surface area contributed by atoms with E-state index in [0.29, 0.717) is 17.9 Å². The van der Waals surface area contributed by atoms with Crippen molar-refractivity contribution in [3.05, 3.63) is 48.0 Å². The van der Waals surface area contributed by atoms with E-state index in [4.69, 9.17) is 9.47 Å². The lowest BCUT2D eigenvalue weighted by Gasteiger charge is -2.07. The second kappa shape index (κ2) is 9.17. The predicted molar refractivity (Wildman–Crippen MR) is 96.5 cm³/mol. The number of rotatable bonds is 8. The number of phenolic OH excluding ortho intramolecular Hbond substituents is 1. The molecule has 0 atom stereocenters. The standard InChI is InChI=1S/C18H21N3O4/c1-3-25-16-6-4-5-13(18(16)23)11-20-21-17(22)12-19-14-7-9-15(24-2)10-8-14/h4-11,19,23H,3,12H2,1-2H3,(H,21,22)/b20-11+. The summed E-state index contributed by atoms with van der Waals surface area (Å²) in [7, 11) is 1.59. The van der Waals surface area contributed by atoms with E-state index in [0.717, 1.165) is 11.4 Å². The van der Waals surface area contributed by atoms with Crippen LogP contribution in [-0.4, -0.2) is 37.5 Å². The molecule has 2 aromatic rings. The molecule has 0 bridgehead atoms. The molecule has 0 aliphatic heterocycles. The van der Waals surface area contributed by atoms with Crippen LogP contribution in [0.5, 0.6) is 17.2 Å². The lowest BCUT2D eigenvalue weighted by atomic mass is 10.2. The molecule has 0 fully saturated rings. The van der Waals surface area contributed by atoms with E-state index in [1.165, 1.54) is 6.21 Å². The third-order valence-corrected chi connectivity index (χ3v) is 3.27. The smallest absolute Gasteiger partial charge is 0.259 e. The minimum atomic E-state index is -0.312. The number of nitrogens with one attached hydrogen (secondary N) is 2. The number of carbonyl (C=O) groups is 1. The molecule has 2 aromatic carbocycles. The van der Waals surface area contributed by atoms with Crippen LogP contribution in [0.15, 0.2) is 47.6 Å². The Morgan fingerprint density at radius 1 is 1.24 bits per heavy atom. The van der Waals surface area contributed by atoms with Crippen LogP contribution < -0.4 is 20.2 Å². The van der Waals surface area contributed by atoms with Crippen LogP contribution in [0.2, 0.25) is 0 Å². The van der Waals surface area contributed by atoms with E-state index < -0.39 is 0 Å². The quantitative estimate of drug-likeness (QED) is 0.505. The summed E-state index contributed by atoms with van der Waals surface area (Å²) in [5.74, 6) is 0.791. The molecule has 0 spiro atoms. The summed E-state index contributed by atoms with van der Waals surface area (Å²) in [6.07, 6.45) is 1.36. The van der Waals surface area contributed by atoms with Crippen molar-refractivity contribution < 1.29 is 19.4 Å². The summed E-state index contributed by atoms with van der Waals surface area (Å²) in [5, 5.41) is 16.8. The molecule has 3 N–H and O–H groups in total. The van der Waals surface area contributed by atoms with Crippen LogP contribution >= 0.6 is 0 Å². The normalized spacial score (nSPS) is 10.5. The van der Waals surface area contributed by atoms with Gasteiger partial charge in [0.2, 0.25) is 0 Å². The van der Waals surface area contributed by atoms with Gasteiger partial charge in [0.1, 0.15) is 5.75 Å². The minimum Gasteiger partial charge on any atom is -0.504 e. The number of phenols is 1. The zero-order valence-electron chi connectivity index (χ0n) is 14.2. The number of hydrogen-bond acceptors (Lipinski definition) is 6. The Kier molecular flexibility index (Phi) is 6.65. The van der Waals surface area contributed by atoms with Crippen molar-refractivity contribution in [2.45, 2.75) is 6.92 Å². The Labute approximate surface area is 146 Å². The van der Waals surface area contributed by atoms with Gasteiger partial charge in [-0.05, 0) is 43.3 Å². The summed E-state index contributed by atoms with van der Waals surface area (Å²) in [6.45, 7) is 2.34. The van der Waals surface area contributed by atoms with Gasteiger partial charge in [-0.25, -0.2) is 5.43 Å². The summed E-state index contributed by atoms with van der Waals surface area (Å²) < 4.78 is 10.4. The number of anilines is 1. The van der Waals surface area contributed by atoms with Crippen molar-refractivity contribution in [3.63, 3.8) is 0 Å². The van der Waals surface area contributed by atoms with Crippen molar-refractivity contribution >= 4 is 17.8 Å². The second-order valence-electron chi connectivity index (χ2n) is 5.00. The Hall–Kier alpha value is -3.22. The first kappa shape index (κ1) is 18.1. The third kappa shape index (κ3) is 5.42. The summed E-state index contributed by atoms with van der Waals surface area (Å²) in [5.41, 5.74) is 3.64. The van der Waals surface area contributed by atoms with Gasteiger partial charge in [0, 0.05) is 11.3 Å². The predicted octanol–water partition coefficient (Wildman–Crippen LogP) is 2.36. The number of amides is 1. The molecule has 132 valence electrons. The van der Waals surface area contributed by atoms with Gasteiger partial charge in [-0.2, -0.15) is 5.10 Å². The Morgan fingerprint density at radius 3 is 2.68 bits per heavy atom. The van der Waals surface area contributed by atoms with Gasteiger partial charge in [0.15, 0.2) is 11.5 Å². The molecule has 0 heterocycles. The monoisotopic (exact) mass is 343 g/mol. The number of carbonyl (C=O) groups excluding carboxylic acids is 1. The van der Waals surface area contributed by atoms with Gasteiger partial charge >= 0.3 is 0 Å². The van der Waals surface area contributed by atoms with E-state index in [2.05, 4.69) is 15.8 Å². The molecule has 0 unspecified atom stereocenters. The van der Waals surface area contributed by atoms with Gasteiger partial charge in [-0.3, -0.25) is 4.79 Å². The molecule has 0 radical (unpaired) electrons. The minimum absolute atomic E-state index is 0.0151. The highest BCUT2D eigenvalue weighted by Crippen LogP contribution is 2.28. The van der Waals surface area contributed by atoms with Crippen LogP contribution in [-0.2, 0) is 4.79 Å². The molecule has 0 aliphatic carbocycles. The molecule has 7 nitrogen and oxygen atoms in total. The molecule has 25 heavy (non-hydrogen) atoms. The molecule has 0 aliphatic rings. The van der Waals surface area contributed by atoms with E-state index in [-0.39, 0.29) is 18.2 Å². The number of benzene rings is 2. The van der Waals surface area contributed by atoms with Gasteiger partial charge < -0.3 is 19.9 Å². The molecule has 2 rings (SSSR count). The van der Waals surface area contributed by atoms with Crippen molar-refractivity contribution in [2.75, 3.05) is 25.6 Å². The maximum absolute atomic E-state index is 11.8. The fourth-order valence-corrected chi connectivity index (χ4v) is 2.02. The SMILES string of the molecule is CCOc1cccc(/C=N/NC(=O)CNc2ccc(OC)cc2)c1O. The highest BCUT2D eigenvalue weighted by molar-refractivity contribution is 5.87. The van der Waals surface area contributed by atoms with Gasteiger partial charge in [0.25, 0.3) is 5.91 Å². The highest BCUT2D eigenvalue weighted by atomic mass is 16.5. The lowest BCUT2D eigenvalue weighted by molar-refractivity contribution is -0.119. The van der Waals surface area contributed by atoms with Crippen LogP contribution in [0.1, 0.15) is 12.5 Å². The summed E-state index contributed by atoms with van der Waals surface area (Å²) >= 11 is 0. The highest BCUT2D eigenvalue weighted by Gasteiger charge is 2.06. The van der Waals surface area contributed by atoms with E-state index in [1.807, 2.05) is 19.1 Å². The average molecular weight is 343 g/mol. The fraction of sp³-hybridized carbons (Fsp3) is 0.222. The molecule has 0 saturated heterocycles. The van der Waals surface area contributed by atoms with Crippen molar-refractivity contribution in [1.29, 1.82) is 0 Å². The van der Waals surface area contributed by atoms with Crippen LogP contribution in [0.3, 0.4) is 0 Å². The lowest BCUT2D eigenvalue weighted by Crippen LogP contribution is -2.25. The number of nitrogens with zero attached hydrogens (tertiary/aromatic N) is 1. The average Bonchev–Trinajstić information content (AvgIpc) is 2.63. The molecule has 0 saturated carbocycles. The summed E-state index contributed by atoms with van der Waals surface area (Å²) in [4.78, 5) is 11.8. The van der Waals surface area contributed by atoms with Gasteiger partial charge in [-0.1, -0.05) is 6.07 Å². The van der Waals surface area contributed by atoms with E-state index in [1.54, 1.807) is 37.4 Å². The molecule has 7 heteroatoms. The van der Waals surface area contributed by atoms with Gasteiger partial charge in [0.05, 0.1) is 26.5 Å². The zero-order valence-corrected chi connectivity index (χ0v) is 14.2. The summed E-state index contributed by atoms with van der Waals surface area (Å²) in [6, 6.07) is 12.3. The van der Waals surface area contributed by atoms with Crippen LogP contribution in [0.4, 0.5) is 5.69 Å². The first-order valence-corrected chi connectivity index (χ1v) is 7.78. The zero-order chi connectivity index (χ0) is 18.1. The molecular weight excluding hydrogens is 322 g/mol. The number of hydrazone groups is 1. The van der Waals surface area contributed by atoms with Crippen molar-refractivity contribution in [2.24, 2.45) is 5.10 Å². The van der Waals surface area contributed by atoms with E-state index >= 15 is 0 Å². The van der Waals surface area contributed by atoms with Crippen LogP contribution in [0, 0.1) is 0 Å². The molecular formula is C18H21N3O4. The topological polar surface area (TPSA) is 92.2 Å². The van der Waals surface area contributed by atoms with Crippen LogP contribution in [0.25, 0.3) is 0 Å². The Bertz CT molecular complexity index is 730. The third-order valence-electron chi connectivity index (χ3n) is 3.27. The van der Waals surface area contributed by atoms with Crippen molar-refractivity contribution in [1.82, 2.24) is 5.43 Å². The fourth-order valence-electron chi connectivity index (χ4n) is 2.02. The maximum Gasteiger partial charge on any atom is 0.259 e. The second-order valence-corrected chi connectivity index (χ2v) is 5.00. The number of aromatic hydroxyl groups is 1. The van der Waals surface area contributed by atoms with Crippen molar-refractivity contribution in [3.8, 4) is 17.2 Å². The number of para-hydroxylation sites is 1. The first-order valence-electron chi connectivity index (χ1n) is 7.78. The molecule has 0 aromatic heterocycles. The number of methoxy groups -OCH3 is 1. The maximum atomic E-state index is 11.8. The molecule has 1 amide bonds. The van der Waals surface area contributed by atoms with E-state index in [9.17, 15) is 9.90 Å². The number of hydrogen-bond donors (Lipinski definition) is 3.